The van der Waals surface area contributed by atoms with Gasteiger partial charge in [-0.3, -0.25) is 10.1 Å². The van der Waals surface area contributed by atoms with Crippen molar-refractivity contribution in [2.75, 3.05) is 17.7 Å². The summed E-state index contributed by atoms with van der Waals surface area (Å²) in [5.41, 5.74) is 3.01. The van der Waals surface area contributed by atoms with Gasteiger partial charge in [-0.25, -0.2) is 0 Å². The second-order valence-corrected chi connectivity index (χ2v) is 8.99. The van der Waals surface area contributed by atoms with E-state index >= 15 is 0 Å². The standard InChI is InChI=1S/C19H23N5O2S2/c1-4-27-19-23-22-18(28-19)21-17(25)15(10-20)9-14-8-12(2)24(13(14)3)11-16-6-5-7-26-16/h8-9,16H,4-7,11H2,1-3H3,(H,21,22,25)/b15-9+/t16-/m0/s1. The molecule has 28 heavy (non-hydrogen) atoms. The van der Waals surface area contributed by atoms with Crippen LogP contribution < -0.4 is 5.32 Å². The summed E-state index contributed by atoms with van der Waals surface area (Å²) in [5, 5.41) is 20.5. The van der Waals surface area contributed by atoms with E-state index in [9.17, 15) is 10.1 Å². The van der Waals surface area contributed by atoms with Gasteiger partial charge in [-0.1, -0.05) is 30.0 Å². The van der Waals surface area contributed by atoms with Crippen LogP contribution in [-0.2, 0) is 16.1 Å². The number of nitriles is 1. The summed E-state index contributed by atoms with van der Waals surface area (Å²) >= 11 is 2.86. The van der Waals surface area contributed by atoms with Crippen molar-refractivity contribution >= 4 is 40.2 Å². The Balaban J connectivity index is 1.75. The highest BCUT2D eigenvalue weighted by Gasteiger charge is 2.19. The first-order valence-electron chi connectivity index (χ1n) is 9.19. The van der Waals surface area contributed by atoms with Crippen molar-refractivity contribution in [1.82, 2.24) is 14.8 Å². The number of anilines is 1. The quantitative estimate of drug-likeness (QED) is 0.319. The van der Waals surface area contributed by atoms with Gasteiger partial charge in [0.05, 0.1) is 6.10 Å². The second kappa shape index (κ2) is 9.37. The van der Waals surface area contributed by atoms with Crippen LogP contribution in [0.4, 0.5) is 5.13 Å². The molecule has 0 unspecified atom stereocenters. The van der Waals surface area contributed by atoms with Gasteiger partial charge in [-0.05, 0) is 50.1 Å². The molecule has 1 amide bonds. The van der Waals surface area contributed by atoms with Gasteiger partial charge in [0.25, 0.3) is 5.91 Å². The highest BCUT2D eigenvalue weighted by atomic mass is 32.2. The van der Waals surface area contributed by atoms with Crippen molar-refractivity contribution in [2.45, 2.75) is 50.6 Å². The van der Waals surface area contributed by atoms with E-state index in [0.29, 0.717) is 5.13 Å². The fourth-order valence-corrected chi connectivity index (χ4v) is 4.80. The Kier molecular flexibility index (Phi) is 6.88. The van der Waals surface area contributed by atoms with Crippen molar-refractivity contribution in [3.05, 3.63) is 28.6 Å². The molecule has 0 bridgehead atoms. The molecule has 1 atom stereocenters. The summed E-state index contributed by atoms with van der Waals surface area (Å²) in [6.45, 7) is 7.66. The van der Waals surface area contributed by atoms with Gasteiger partial charge < -0.3 is 9.30 Å². The lowest BCUT2D eigenvalue weighted by atomic mass is 10.1. The van der Waals surface area contributed by atoms with E-state index in [0.717, 1.165) is 53.0 Å². The molecule has 0 saturated carbocycles. The fourth-order valence-electron chi connectivity index (χ4n) is 3.16. The third-order valence-electron chi connectivity index (χ3n) is 4.58. The molecule has 1 aliphatic rings. The van der Waals surface area contributed by atoms with E-state index in [1.54, 1.807) is 17.8 Å². The van der Waals surface area contributed by atoms with Crippen LogP contribution in [0.15, 0.2) is 16.0 Å². The minimum atomic E-state index is -0.476. The first-order valence-corrected chi connectivity index (χ1v) is 11.0. The summed E-state index contributed by atoms with van der Waals surface area (Å²) in [5.74, 6) is 0.406. The van der Waals surface area contributed by atoms with Gasteiger partial charge >= 0.3 is 0 Å². The fraction of sp³-hybridized carbons (Fsp3) is 0.474. The highest BCUT2D eigenvalue weighted by Crippen LogP contribution is 2.26. The van der Waals surface area contributed by atoms with E-state index < -0.39 is 5.91 Å². The zero-order chi connectivity index (χ0) is 20.1. The Labute approximate surface area is 172 Å². The maximum Gasteiger partial charge on any atom is 0.268 e. The average molecular weight is 418 g/mol. The highest BCUT2D eigenvalue weighted by molar-refractivity contribution is 8.01. The number of aromatic nitrogens is 3. The van der Waals surface area contributed by atoms with Crippen molar-refractivity contribution in [1.29, 1.82) is 5.26 Å². The molecule has 7 nitrogen and oxygen atoms in total. The van der Waals surface area contributed by atoms with Gasteiger partial charge in [-0.15, -0.1) is 10.2 Å². The third kappa shape index (κ3) is 4.82. The van der Waals surface area contributed by atoms with Crippen molar-refractivity contribution in [2.24, 2.45) is 0 Å². The van der Waals surface area contributed by atoms with Crippen LogP contribution >= 0.6 is 23.1 Å². The molecule has 1 N–H and O–H groups in total. The minimum absolute atomic E-state index is 0.0391. The zero-order valence-electron chi connectivity index (χ0n) is 16.2. The van der Waals surface area contributed by atoms with Crippen LogP contribution in [-0.4, -0.2) is 39.1 Å². The van der Waals surface area contributed by atoms with Crippen LogP contribution in [0, 0.1) is 25.2 Å². The first-order chi connectivity index (χ1) is 13.5. The van der Waals surface area contributed by atoms with E-state index in [-0.39, 0.29) is 11.7 Å². The number of nitrogens with one attached hydrogen (secondary N) is 1. The third-order valence-corrected chi connectivity index (χ3v) is 6.44. The minimum Gasteiger partial charge on any atom is -0.376 e. The topological polar surface area (TPSA) is 92.8 Å². The molecule has 1 aliphatic heterocycles. The van der Waals surface area contributed by atoms with Crippen LogP contribution in [0.2, 0.25) is 0 Å². The van der Waals surface area contributed by atoms with E-state index in [1.165, 1.54) is 11.3 Å². The molecule has 148 valence electrons. The monoisotopic (exact) mass is 417 g/mol. The van der Waals surface area contributed by atoms with Crippen LogP contribution in [0.25, 0.3) is 6.08 Å². The van der Waals surface area contributed by atoms with Crippen molar-refractivity contribution in [3.63, 3.8) is 0 Å². The zero-order valence-corrected chi connectivity index (χ0v) is 17.8. The Bertz CT molecular complexity index is 919. The summed E-state index contributed by atoms with van der Waals surface area (Å²) in [6, 6.07) is 3.99. The molecular formula is C19H23N5O2S2. The van der Waals surface area contributed by atoms with Crippen molar-refractivity contribution < 1.29 is 9.53 Å². The van der Waals surface area contributed by atoms with Gasteiger partial charge in [0.2, 0.25) is 5.13 Å². The number of aryl methyl sites for hydroxylation is 1. The molecular weight excluding hydrogens is 394 g/mol. The van der Waals surface area contributed by atoms with Gasteiger partial charge in [0, 0.05) is 24.5 Å². The Morgan fingerprint density at radius 2 is 2.36 bits per heavy atom. The summed E-state index contributed by atoms with van der Waals surface area (Å²) in [6.07, 6.45) is 4.02. The lowest BCUT2D eigenvalue weighted by Crippen LogP contribution is -2.17. The van der Waals surface area contributed by atoms with Gasteiger partial charge in [0.15, 0.2) is 4.34 Å². The Morgan fingerprint density at radius 3 is 3.04 bits per heavy atom. The number of carbonyl (C=O) groups excluding carboxylic acids is 1. The van der Waals surface area contributed by atoms with Crippen LogP contribution in [0.3, 0.4) is 0 Å². The lowest BCUT2D eigenvalue weighted by molar-refractivity contribution is -0.112. The Morgan fingerprint density at radius 1 is 1.54 bits per heavy atom. The molecule has 1 saturated heterocycles. The number of hydrogen-bond donors (Lipinski definition) is 1. The molecule has 3 rings (SSSR count). The number of ether oxygens (including phenoxy) is 1. The maximum atomic E-state index is 12.5. The number of carbonyl (C=O) groups is 1. The molecule has 1 fully saturated rings. The van der Waals surface area contributed by atoms with Crippen molar-refractivity contribution in [3.8, 4) is 6.07 Å². The first kappa shape index (κ1) is 20.6. The number of nitrogens with zero attached hydrogens (tertiary/aromatic N) is 4. The number of hydrogen-bond acceptors (Lipinski definition) is 7. The molecule has 3 heterocycles. The van der Waals surface area contributed by atoms with E-state index in [2.05, 4.69) is 20.1 Å². The van der Waals surface area contributed by atoms with Crippen LogP contribution in [0.5, 0.6) is 0 Å². The van der Waals surface area contributed by atoms with Gasteiger partial charge in [0.1, 0.15) is 11.6 Å². The number of thioether (sulfide) groups is 1. The summed E-state index contributed by atoms with van der Waals surface area (Å²) in [7, 11) is 0. The Hall–Kier alpha value is -2.15. The summed E-state index contributed by atoms with van der Waals surface area (Å²) < 4.78 is 8.71. The average Bonchev–Trinajstić information content (AvgIpc) is 3.39. The lowest BCUT2D eigenvalue weighted by Gasteiger charge is -2.14. The van der Waals surface area contributed by atoms with Crippen LogP contribution in [0.1, 0.15) is 36.7 Å². The molecule has 0 aliphatic carbocycles. The molecule has 0 radical (unpaired) electrons. The normalized spacial score (nSPS) is 16.9. The van der Waals surface area contributed by atoms with E-state index in [4.69, 9.17) is 4.74 Å². The molecule has 2 aromatic heterocycles. The predicted octanol–water partition coefficient (Wildman–Crippen LogP) is 3.79. The smallest absolute Gasteiger partial charge is 0.268 e. The summed E-state index contributed by atoms with van der Waals surface area (Å²) in [4.78, 5) is 12.5. The van der Waals surface area contributed by atoms with E-state index in [1.807, 2.05) is 32.9 Å². The molecule has 9 heteroatoms. The SMILES string of the molecule is CCSc1nnc(NC(=O)/C(C#N)=C/c2cc(C)n(C[C@@H]3CCCO3)c2C)s1. The second-order valence-electron chi connectivity index (χ2n) is 6.50. The molecule has 0 spiro atoms. The van der Waals surface area contributed by atoms with Gasteiger partial charge in [-0.2, -0.15) is 5.26 Å². The molecule has 0 aromatic carbocycles. The largest absolute Gasteiger partial charge is 0.376 e. The molecule has 2 aromatic rings. The number of rotatable bonds is 7. The maximum absolute atomic E-state index is 12.5. The predicted molar refractivity (Wildman–Crippen MR) is 111 cm³/mol. The number of amides is 1.